The van der Waals surface area contributed by atoms with Crippen LogP contribution < -0.4 is 5.32 Å². The molecule has 0 aromatic heterocycles. The third kappa shape index (κ3) is 3.53. The zero-order valence-electron chi connectivity index (χ0n) is 11.5. The molecule has 0 aliphatic heterocycles. The smallest absolute Gasteiger partial charge is 0.269 e. The second kappa shape index (κ2) is 6.15. The topological polar surface area (TPSA) is 55.2 Å². The van der Waals surface area contributed by atoms with E-state index >= 15 is 0 Å². The monoisotopic (exact) mass is 262 g/mol. The van der Waals surface area contributed by atoms with Crippen molar-refractivity contribution in [2.24, 2.45) is 5.41 Å². The Bertz CT molecular complexity index is 422. The van der Waals surface area contributed by atoms with Gasteiger partial charge < -0.3 is 5.32 Å². The summed E-state index contributed by atoms with van der Waals surface area (Å²) < 4.78 is 0. The van der Waals surface area contributed by atoms with E-state index in [2.05, 4.69) is 12.2 Å². The van der Waals surface area contributed by atoms with Gasteiger partial charge in [-0.15, -0.1) is 0 Å². The van der Waals surface area contributed by atoms with Gasteiger partial charge in [0.15, 0.2) is 0 Å². The normalized spacial score (nSPS) is 17.5. The number of nitrogens with zero attached hydrogens (tertiary/aromatic N) is 1. The number of nitrogens with one attached hydrogen (secondary N) is 1. The highest BCUT2D eigenvalue weighted by Gasteiger charge is 2.31. The van der Waals surface area contributed by atoms with Gasteiger partial charge in [-0.2, -0.15) is 0 Å². The molecule has 0 atom stereocenters. The number of hydrogen-bond acceptors (Lipinski definition) is 3. The Balaban J connectivity index is 1.83. The molecule has 2 rings (SSSR count). The molecule has 0 bridgehead atoms. The molecule has 1 aliphatic carbocycles. The molecule has 1 fully saturated rings. The van der Waals surface area contributed by atoms with Gasteiger partial charge >= 0.3 is 0 Å². The van der Waals surface area contributed by atoms with Crippen molar-refractivity contribution in [1.29, 1.82) is 0 Å². The second-order valence-electron chi connectivity index (χ2n) is 5.59. The first-order valence-electron chi connectivity index (χ1n) is 7.09. The fourth-order valence-electron chi connectivity index (χ4n) is 2.99. The summed E-state index contributed by atoms with van der Waals surface area (Å²) in [5.74, 6) is 0. The number of rotatable bonds is 6. The Kier molecular flexibility index (Phi) is 4.53. The summed E-state index contributed by atoms with van der Waals surface area (Å²) in [6, 6.07) is 6.81. The maximum absolute atomic E-state index is 10.6. The van der Waals surface area contributed by atoms with Crippen molar-refractivity contribution in [3.05, 3.63) is 39.9 Å². The number of non-ortho nitro benzene ring substituents is 1. The van der Waals surface area contributed by atoms with Crippen LogP contribution in [0.4, 0.5) is 5.69 Å². The predicted octanol–water partition coefficient (Wildman–Crippen LogP) is 3.65. The maximum atomic E-state index is 10.6. The molecule has 1 aliphatic rings. The molecule has 0 radical (unpaired) electrons. The molecule has 0 spiro atoms. The van der Waals surface area contributed by atoms with E-state index in [9.17, 15) is 10.1 Å². The van der Waals surface area contributed by atoms with E-state index in [0.717, 1.165) is 18.7 Å². The fraction of sp³-hybridized carbons (Fsp3) is 0.600. The van der Waals surface area contributed by atoms with Gasteiger partial charge in [-0.3, -0.25) is 10.1 Å². The first-order chi connectivity index (χ1) is 9.15. The number of hydrogen-bond donors (Lipinski definition) is 1. The molecule has 0 saturated heterocycles. The lowest BCUT2D eigenvalue weighted by molar-refractivity contribution is -0.384. The van der Waals surface area contributed by atoms with Crippen LogP contribution in [0, 0.1) is 15.5 Å². The van der Waals surface area contributed by atoms with Crippen molar-refractivity contribution in [3.8, 4) is 0 Å². The van der Waals surface area contributed by atoms with Crippen LogP contribution in [0.5, 0.6) is 0 Å². The third-order valence-corrected chi connectivity index (χ3v) is 4.39. The van der Waals surface area contributed by atoms with E-state index in [1.54, 1.807) is 12.1 Å². The largest absolute Gasteiger partial charge is 0.312 e. The van der Waals surface area contributed by atoms with Gasteiger partial charge in [-0.05, 0) is 30.2 Å². The van der Waals surface area contributed by atoms with Gasteiger partial charge in [-0.25, -0.2) is 0 Å². The molecule has 4 heteroatoms. The Morgan fingerprint density at radius 3 is 2.42 bits per heavy atom. The lowest BCUT2D eigenvalue weighted by Gasteiger charge is -2.27. The standard InChI is InChI=1S/C15H22N2O2/c1-2-15(9-3-4-10-15)12-16-11-13-5-7-14(8-6-13)17(18)19/h5-8,16H,2-4,9-12H2,1H3. The molecule has 104 valence electrons. The fourth-order valence-corrected chi connectivity index (χ4v) is 2.99. The van der Waals surface area contributed by atoms with Gasteiger partial charge in [0.1, 0.15) is 0 Å². The van der Waals surface area contributed by atoms with Gasteiger partial charge in [-0.1, -0.05) is 31.9 Å². The van der Waals surface area contributed by atoms with Crippen LogP contribution in [0.15, 0.2) is 24.3 Å². The van der Waals surface area contributed by atoms with Crippen molar-refractivity contribution in [3.63, 3.8) is 0 Å². The zero-order valence-corrected chi connectivity index (χ0v) is 11.5. The highest BCUT2D eigenvalue weighted by atomic mass is 16.6. The Morgan fingerprint density at radius 1 is 1.26 bits per heavy atom. The minimum Gasteiger partial charge on any atom is -0.312 e. The highest BCUT2D eigenvalue weighted by molar-refractivity contribution is 5.32. The molecule has 0 unspecified atom stereocenters. The van der Waals surface area contributed by atoms with Crippen molar-refractivity contribution >= 4 is 5.69 Å². The van der Waals surface area contributed by atoms with Crippen molar-refractivity contribution in [2.75, 3.05) is 6.54 Å². The first-order valence-corrected chi connectivity index (χ1v) is 7.09. The van der Waals surface area contributed by atoms with E-state index in [1.807, 2.05) is 12.1 Å². The predicted molar refractivity (Wildman–Crippen MR) is 76.0 cm³/mol. The quantitative estimate of drug-likeness (QED) is 0.629. The summed E-state index contributed by atoms with van der Waals surface area (Å²) in [7, 11) is 0. The lowest BCUT2D eigenvalue weighted by Crippen LogP contribution is -2.31. The van der Waals surface area contributed by atoms with Crippen LogP contribution in [0.3, 0.4) is 0 Å². The number of nitro groups is 1. The minimum absolute atomic E-state index is 0.157. The minimum atomic E-state index is -0.359. The van der Waals surface area contributed by atoms with Crippen LogP contribution in [-0.4, -0.2) is 11.5 Å². The summed E-state index contributed by atoms with van der Waals surface area (Å²) in [6.45, 7) is 4.12. The summed E-state index contributed by atoms with van der Waals surface area (Å²) in [6.07, 6.45) is 6.61. The second-order valence-corrected chi connectivity index (χ2v) is 5.59. The van der Waals surface area contributed by atoms with E-state index in [1.165, 1.54) is 32.1 Å². The van der Waals surface area contributed by atoms with Crippen LogP contribution >= 0.6 is 0 Å². The molecule has 0 heterocycles. The van der Waals surface area contributed by atoms with Crippen LogP contribution in [0.25, 0.3) is 0 Å². The summed E-state index contributed by atoms with van der Waals surface area (Å²) in [5, 5.41) is 14.1. The molecule has 1 aromatic carbocycles. The lowest BCUT2D eigenvalue weighted by atomic mass is 9.83. The highest BCUT2D eigenvalue weighted by Crippen LogP contribution is 2.40. The van der Waals surface area contributed by atoms with Crippen LogP contribution in [-0.2, 0) is 6.54 Å². The van der Waals surface area contributed by atoms with Crippen LogP contribution in [0.1, 0.15) is 44.6 Å². The van der Waals surface area contributed by atoms with Crippen molar-refractivity contribution in [2.45, 2.75) is 45.6 Å². The molecule has 4 nitrogen and oxygen atoms in total. The van der Waals surface area contributed by atoms with E-state index in [0.29, 0.717) is 5.41 Å². The molecular formula is C15H22N2O2. The summed E-state index contributed by atoms with van der Waals surface area (Å²) >= 11 is 0. The Labute approximate surface area is 114 Å². The molecule has 1 saturated carbocycles. The molecule has 1 N–H and O–H groups in total. The van der Waals surface area contributed by atoms with E-state index in [4.69, 9.17) is 0 Å². The van der Waals surface area contributed by atoms with Gasteiger partial charge in [0.25, 0.3) is 5.69 Å². The van der Waals surface area contributed by atoms with Crippen molar-refractivity contribution in [1.82, 2.24) is 5.32 Å². The summed E-state index contributed by atoms with van der Waals surface area (Å²) in [4.78, 5) is 10.2. The average molecular weight is 262 g/mol. The maximum Gasteiger partial charge on any atom is 0.269 e. The molecule has 19 heavy (non-hydrogen) atoms. The van der Waals surface area contributed by atoms with E-state index < -0.39 is 0 Å². The average Bonchev–Trinajstić information content (AvgIpc) is 2.89. The number of nitro benzene ring substituents is 1. The van der Waals surface area contributed by atoms with Gasteiger partial charge in [0, 0.05) is 25.2 Å². The third-order valence-electron chi connectivity index (χ3n) is 4.39. The zero-order chi connectivity index (χ0) is 13.7. The first kappa shape index (κ1) is 14.0. The molecule has 0 amide bonds. The van der Waals surface area contributed by atoms with Crippen molar-refractivity contribution < 1.29 is 4.92 Å². The SMILES string of the molecule is CCC1(CNCc2ccc([N+](=O)[O-])cc2)CCCC1. The summed E-state index contributed by atoms with van der Waals surface area (Å²) in [5.41, 5.74) is 1.75. The molecule has 1 aromatic rings. The van der Waals surface area contributed by atoms with Crippen LogP contribution in [0.2, 0.25) is 0 Å². The van der Waals surface area contributed by atoms with Gasteiger partial charge in [0.2, 0.25) is 0 Å². The Hall–Kier alpha value is -1.42. The Morgan fingerprint density at radius 2 is 1.89 bits per heavy atom. The van der Waals surface area contributed by atoms with Gasteiger partial charge in [0.05, 0.1) is 4.92 Å². The van der Waals surface area contributed by atoms with E-state index in [-0.39, 0.29) is 10.6 Å². The molecular weight excluding hydrogens is 240 g/mol. The number of benzene rings is 1.